The molecule has 1 aliphatic rings. The second kappa shape index (κ2) is 7.29. The number of carbonyl (C=O) groups excluding carboxylic acids is 1. The third kappa shape index (κ3) is 4.21. The van der Waals surface area contributed by atoms with E-state index in [1.807, 2.05) is 0 Å². The van der Waals surface area contributed by atoms with E-state index in [0.29, 0.717) is 12.6 Å². The zero-order valence-corrected chi connectivity index (χ0v) is 14.1. The molecule has 128 valence electrons. The maximum Gasteiger partial charge on any atom is 0.294 e. The molecule has 7 nitrogen and oxygen atoms in total. The Hall–Kier alpha value is -1.64. The molecule has 2 rings (SSSR count). The van der Waals surface area contributed by atoms with Gasteiger partial charge in [0.2, 0.25) is 0 Å². The lowest BCUT2D eigenvalue weighted by atomic mass is 10.1. The lowest BCUT2D eigenvalue weighted by Gasteiger charge is -2.23. The fourth-order valence-corrected chi connectivity index (χ4v) is 3.38. The molecule has 8 heteroatoms. The van der Waals surface area contributed by atoms with Gasteiger partial charge in [-0.2, -0.15) is 8.42 Å². The van der Waals surface area contributed by atoms with Gasteiger partial charge in [-0.15, -0.1) is 0 Å². The van der Waals surface area contributed by atoms with Crippen LogP contribution in [0.2, 0.25) is 0 Å². The number of methoxy groups -OCH3 is 1. The van der Waals surface area contributed by atoms with Crippen LogP contribution in [0.25, 0.3) is 0 Å². The third-order valence-corrected chi connectivity index (χ3v) is 4.97. The number of likely N-dealkylation sites (N-methyl/N-ethyl adjacent to an activating group) is 1. The van der Waals surface area contributed by atoms with E-state index in [1.165, 1.54) is 19.2 Å². The Balaban J connectivity index is 2.14. The maximum absolute atomic E-state index is 12.4. The van der Waals surface area contributed by atoms with Crippen LogP contribution in [-0.4, -0.2) is 56.6 Å². The van der Waals surface area contributed by atoms with E-state index in [9.17, 15) is 13.2 Å². The van der Waals surface area contributed by atoms with Gasteiger partial charge in [-0.3, -0.25) is 14.2 Å². The number of nitrogens with zero attached hydrogens (tertiary/aromatic N) is 1. The first-order chi connectivity index (χ1) is 10.9. The molecule has 1 aromatic carbocycles. The molecule has 1 atom stereocenters. The van der Waals surface area contributed by atoms with Gasteiger partial charge in [0.15, 0.2) is 0 Å². The number of benzene rings is 1. The van der Waals surface area contributed by atoms with E-state index < -0.39 is 16.0 Å². The van der Waals surface area contributed by atoms with Crippen molar-refractivity contribution in [1.29, 1.82) is 0 Å². The number of ether oxygens (including phenoxy) is 1. The molecule has 1 amide bonds. The number of carbonyl (C=O) groups is 1. The lowest BCUT2D eigenvalue weighted by molar-refractivity contribution is 0.0938. The van der Waals surface area contributed by atoms with Crippen molar-refractivity contribution < 1.29 is 22.5 Å². The first-order valence-electron chi connectivity index (χ1n) is 7.54. The highest BCUT2D eigenvalue weighted by Gasteiger charge is 2.24. The zero-order valence-electron chi connectivity index (χ0n) is 13.3. The van der Waals surface area contributed by atoms with Gasteiger partial charge in [0.05, 0.1) is 17.6 Å². The summed E-state index contributed by atoms with van der Waals surface area (Å²) in [5.74, 6) is -0.163. The molecule has 1 saturated heterocycles. The van der Waals surface area contributed by atoms with Crippen LogP contribution in [0.1, 0.15) is 30.1 Å². The first-order valence-corrected chi connectivity index (χ1v) is 8.98. The van der Waals surface area contributed by atoms with Gasteiger partial charge in [-0.1, -0.05) is 6.92 Å². The van der Waals surface area contributed by atoms with Gasteiger partial charge >= 0.3 is 0 Å². The number of hydrogen-bond acceptors (Lipinski definition) is 5. The smallest absolute Gasteiger partial charge is 0.294 e. The summed E-state index contributed by atoms with van der Waals surface area (Å²) in [4.78, 5) is 14.3. The molecule has 0 saturated carbocycles. The summed E-state index contributed by atoms with van der Waals surface area (Å²) in [5.41, 5.74) is 0.0867. The summed E-state index contributed by atoms with van der Waals surface area (Å²) < 4.78 is 36.7. The van der Waals surface area contributed by atoms with Crippen molar-refractivity contribution in [3.05, 3.63) is 23.8 Å². The number of amides is 1. The molecular formula is C15H22N2O5S. The number of likely N-dealkylation sites (tertiary alicyclic amines) is 1. The van der Waals surface area contributed by atoms with Gasteiger partial charge in [-0.25, -0.2) is 0 Å². The molecule has 1 fully saturated rings. The van der Waals surface area contributed by atoms with Crippen molar-refractivity contribution in [2.45, 2.75) is 30.7 Å². The summed E-state index contributed by atoms with van der Waals surface area (Å²) in [5, 5.41) is 2.82. The van der Waals surface area contributed by atoms with Gasteiger partial charge in [0.25, 0.3) is 16.0 Å². The van der Waals surface area contributed by atoms with E-state index in [2.05, 4.69) is 17.1 Å². The Kier molecular flexibility index (Phi) is 5.61. The highest BCUT2D eigenvalue weighted by atomic mass is 32.2. The SMILES string of the molecule is CCN1CCCC1CNC(=O)c1cc(S(=O)(=O)O)ccc1OC. The molecule has 1 unspecified atom stereocenters. The number of nitrogens with one attached hydrogen (secondary N) is 1. The van der Waals surface area contributed by atoms with E-state index >= 15 is 0 Å². The average Bonchev–Trinajstić information content (AvgIpc) is 2.98. The third-order valence-electron chi connectivity index (χ3n) is 4.12. The first kappa shape index (κ1) is 17.7. The monoisotopic (exact) mass is 342 g/mol. The van der Waals surface area contributed by atoms with E-state index in [1.54, 1.807) is 0 Å². The fraction of sp³-hybridized carbons (Fsp3) is 0.533. The van der Waals surface area contributed by atoms with Crippen molar-refractivity contribution in [3.63, 3.8) is 0 Å². The Labute approximate surface area is 136 Å². The molecule has 2 N–H and O–H groups in total. The predicted molar refractivity (Wildman–Crippen MR) is 85.4 cm³/mol. The van der Waals surface area contributed by atoms with Gasteiger partial charge in [-0.05, 0) is 44.1 Å². The molecule has 1 aromatic rings. The fourth-order valence-electron chi connectivity index (χ4n) is 2.87. The average molecular weight is 342 g/mol. The quantitative estimate of drug-likeness (QED) is 0.753. The number of hydrogen-bond donors (Lipinski definition) is 2. The normalized spacial score (nSPS) is 18.8. The van der Waals surface area contributed by atoms with Crippen LogP contribution < -0.4 is 10.1 Å². The van der Waals surface area contributed by atoms with Crippen molar-refractivity contribution in [1.82, 2.24) is 10.2 Å². The highest BCUT2D eigenvalue weighted by molar-refractivity contribution is 7.85. The standard InChI is InChI=1S/C15H22N2O5S/c1-3-17-8-4-5-11(17)10-16-15(18)13-9-12(23(19,20)21)6-7-14(13)22-2/h6-7,9,11H,3-5,8,10H2,1-2H3,(H,16,18)(H,19,20,21). The Morgan fingerprint density at radius 3 is 2.83 bits per heavy atom. The summed E-state index contributed by atoms with van der Waals surface area (Å²) >= 11 is 0. The largest absolute Gasteiger partial charge is 0.496 e. The molecule has 0 bridgehead atoms. The highest BCUT2D eigenvalue weighted by Crippen LogP contribution is 2.23. The Morgan fingerprint density at radius 2 is 2.22 bits per heavy atom. The minimum absolute atomic E-state index is 0.0867. The van der Waals surface area contributed by atoms with E-state index in [-0.39, 0.29) is 16.2 Å². The lowest BCUT2D eigenvalue weighted by Crippen LogP contribution is -2.40. The minimum atomic E-state index is -4.37. The Morgan fingerprint density at radius 1 is 1.48 bits per heavy atom. The maximum atomic E-state index is 12.4. The van der Waals surface area contributed by atoms with Crippen LogP contribution in [0.3, 0.4) is 0 Å². The summed E-state index contributed by atoms with van der Waals surface area (Å²) in [6.07, 6.45) is 2.13. The van der Waals surface area contributed by atoms with Crippen molar-refractivity contribution >= 4 is 16.0 Å². The van der Waals surface area contributed by atoms with Crippen LogP contribution in [0.4, 0.5) is 0 Å². The second-order valence-electron chi connectivity index (χ2n) is 5.47. The van der Waals surface area contributed by atoms with Gasteiger partial charge < -0.3 is 10.1 Å². The molecule has 0 radical (unpaired) electrons. The topological polar surface area (TPSA) is 95.9 Å². The van der Waals surface area contributed by atoms with Crippen LogP contribution in [0.5, 0.6) is 5.75 Å². The van der Waals surface area contributed by atoms with Crippen molar-refractivity contribution in [2.75, 3.05) is 26.7 Å². The molecular weight excluding hydrogens is 320 g/mol. The predicted octanol–water partition coefficient (Wildman–Crippen LogP) is 1.16. The van der Waals surface area contributed by atoms with E-state index in [0.717, 1.165) is 32.0 Å². The second-order valence-corrected chi connectivity index (χ2v) is 6.89. The van der Waals surface area contributed by atoms with Gasteiger partial charge in [0, 0.05) is 12.6 Å². The molecule has 1 heterocycles. The van der Waals surface area contributed by atoms with Crippen LogP contribution in [0.15, 0.2) is 23.1 Å². The summed E-state index contributed by atoms with van der Waals surface area (Å²) in [6.45, 7) is 4.53. The molecule has 1 aliphatic heterocycles. The summed E-state index contributed by atoms with van der Waals surface area (Å²) in [7, 11) is -2.97. The molecule has 0 aliphatic carbocycles. The van der Waals surface area contributed by atoms with Crippen LogP contribution in [-0.2, 0) is 10.1 Å². The Bertz CT molecular complexity index is 674. The number of rotatable bonds is 6. The van der Waals surface area contributed by atoms with Crippen molar-refractivity contribution in [2.24, 2.45) is 0 Å². The summed E-state index contributed by atoms with van der Waals surface area (Å²) in [6, 6.07) is 3.96. The molecule has 0 aromatic heterocycles. The van der Waals surface area contributed by atoms with Crippen LogP contribution in [0, 0.1) is 0 Å². The molecule has 0 spiro atoms. The zero-order chi connectivity index (χ0) is 17.0. The van der Waals surface area contributed by atoms with Crippen LogP contribution >= 0.6 is 0 Å². The minimum Gasteiger partial charge on any atom is -0.496 e. The van der Waals surface area contributed by atoms with Gasteiger partial charge in [0.1, 0.15) is 5.75 Å². The van der Waals surface area contributed by atoms with Crippen molar-refractivity contribution in [3.8, 4) is 5.75 Å². The molecule has 23 heavy (non-hydrogen) atoms. The van der Waals surface area contributed by atoms with E-state index in [4.69, 9.17) is 9.29 Å².